The Balaban J connectivity index is 1.45. The van der Waals surface area contributed by atoms with Crippen molar-refractivity contribution in [3.05, 3.63) is 179 Å². The molecule has 4 nitrogen and oxygen atoms in total. The number of aryl methyl sites for hydroxylation is 1. The maximum Gasteiger partial charge on any atom is 0.268 e. The number of anilines is 1. The standard InChI is InChI=1S/C38H30N2O2S/c1-26-20-22-29(23-21-26)43(41,42)39-25-36(28-14-6-3-7-15-28)40-35(27-12-4-2-5-13-27)24-33-30-16-8-9-17-31(30)37(33)38(40)32-18-10-11-19-34(32)39/h2-25,33,37-38H,1H3/t33-,37+,38-/m0/s1. The molecule has 0 saturated heterocycles. The van der Waals surface area contributed by atoms with Gasteiger partial charge in [0.2, 0.25) is 0 Å². The first-order valence-electron chi connectivity index (χ1n) is 14.6. The highest BCUT2D eigenvalue weighted by Gasteiger charge is 2.51. The van der Waals surface area contributed by atoms with Crippen LogP contribution in [0.25, 0.3) is 11.4 Å². The van der Waals surface area contributed by atoms with Crippen LogP contribution >= 0.6 is 0 Å². The maximum atomic E-state index is 14.6. The Morgan fingerprint density at radius 2 is 1.14 bits per heavy atom. The van der Waals surface area contributed by atoms with Gasteiger partial charge in [-0.1, -0.05) is 127 Å². The van der Waals surface area contributed by atoms with Crippen LogP contribution in [0.3, 0.4) is 0 Å². The second-order valence-corrected chi connectivity index (χ2v) is 13.3. The normalized spacial score (nSPS) is 20.3. The highest BCUT2D eigenvalue weighted by atomic mass is 32.2. The molecule has 5 aromatic carbocycles. The fourth-order valence-electron chi connectivity index (χ4n) is 7.01. The van der Waals surface area contributed by atoms with E-state index in [0.717, 1.165) is 33.6 Å². The summed E-state index contributed by atoms with van der Waals surface area (Å²) in [5.41, 5.74) is 9.34. The highest BCUT2D eigenvalue weighted by molar-refractivity contribution is 7.93. The fraction of sp³-hybridized carbons (Fsp3) is 0.105. The number of allylic oxidation sites excluding steroid dienone is 1. The van der Waals surface area contributed by atoms with Crippen LogP contribution in [0.4, 0.5) is 5.69 Å². The lowest BCUT2D eigenvalue weighted by Gasteiger charge is -2.52. The Morgan fingerprint density at radius 1 is 0.581 bits per heavy atom. The Labute approximate surface area is 252 Å². The van der Waals surface area contributed by atoms with Crippen molar-refractivity contribution in [2.75, 3.05) is 4.31 Å². The van der Waals surface area contributed by atoms with Crippen LogP contribution in [0, 0.1) is 6.92 Å². The molecule has 0 aromatic heterocycles. The Bertz CT molecular complexity index is 2020. The molecule has 0 radical (unpaired) electrons. The van der Waals surface area contributed by atoms with Gasteiger partial charge < -0.3 is 4.90 Å². The minimum absolute atomic E-state index is 0.124. The molecule has 3 atom stereocenters. The van der Waals surface area contributed by atoms with E-state index < -0.39 is 10.0 Å². The number of fused-ring (bicyclic) bond motifs is 8. The van der Waals surface area contributed by atoms with E-state index in [9.17, 15) is 8.42 Å². The van der Waals surface area contributed by atoms with E-state index in [1.54, 1.807) is 12.1 Å². The molecule has 2 heterocycles. The van der Waals surface area contributed by atoms with E-state index in [0.29, 0.717) is 5.69 Å². The van der Waals surface area contributed by atoms with Gasteiger partial charge in [0.1, 0.15) is 0 Å². The van der Waals surface area contributed by atoms with E-state index >= 15 is 0 Å². The summed E-state index contributed by atoms with van der Waals surface area (Å²) in [6.07, 6.45) is 4.23. The van der Waals surface area contributed by atoms with Crippen molar-refractivity contribution in [1.29, 1.82) is 0 Å². The molecule has 3 aliphatic rings. The van der Waals surface area contributed by atoms with Crippen LogP contribution < -0.4 is 4.31 Å². The third-order valence-electron chi connectivity index (χ3n) is 9.03. The molecule has 0 saturated carbocycles. The lowest BCUT2D eigenvalue weighted by molar-refractivity contribution is 0.286. The summed E-state index contributed by atoms with van der Waals surface area (Å²) in [6, 6.07) is 44.3. The van der Waals surface area contributed by atoms with Crippen molar-refractivity contribution < 1.29 is 8.42 Å². The van der Waals surface area contributed by atoms with Gasteiger partial charge >= 0.3 is 0 Å². The lowest BCUT2D eigenvalue weighted by atomic mass is 9.61. The number of benzene rings is 5. The molecule has 0 unspecified atom stereocenters. The molecular formula is C38H30N2O2S. The van der Waals surface area contributed by atoms with Gasteiger partial charge in [-0.05, 0) is 47.4 Å². The number of rotatable bonds is 4. The fourth-order valence-corrected chi connectivity index (χ4v) is 8.38. The van der Waals surface area contributed by atoms with Crippen molar-refractivity contribution in [3.8, 4) is 0 Å². The van der Waals surface area contributed by atoms with Crippen molar-refractivity contribution in [1.82, 2.24) is 4.90 Å². The summed E-state index contributed by atoms with van der Waals surface area (Å²) in [4.78, 5) is 2.66. The molecule has 0 fully saturated rings. The number of hydrogen-bond donors (Lipinski definition) is 0. The number of para-hydroxylation sites is 1. The zero-order valence-electron chi connectivity index (χ0n) is 23.7. The Hall–Kier alpha value is -4.87. The Morgan fingerprint density at radius 3 is 1.81 bits per heavy atom. The van der Waals surface area contributed by atoms with Gasteiger partial charge in [0, 0.05) is 29.3 Å². The van der Waals surface area contributed by atoms with Crippen LogP contribution in [0.2, 0.25) is 0 Å². The van der Waals surface area contributed by atoms with E-state index in [4.69, 9.17) is 0 Å². The molecule has 0 N–H and O–H groups in total. The summed E-state index contributed by atoms with van der Waals surface area (Å²) >= 11 is 0. The van der Waals surface area contributed by atoms with Gasteiger partial charge in [-0.15, -0.1) is 0 Å². The number of hydrogen-bond acceptors (Lipinski definition) is 3. The monoisotopic (exact) mass is 578 g/mol. The molecule has 5 aromatic rings. The quantitative estimate of drug-likeness (QED) is 0.215. The van der Waals surface area contributed by atoms with E-state index in [1.807, 2.05) is 67.7 Å². The van der Waals surface area contributed by atoms with Gasteiger partial charge in [0.05, 0.1) is 22.3 Å². The van der Waals surface area contributed by atoms with Crippen LogP contribution in [0.1, 0.15) is 51.3 Å². The largest absolute Gasteiger partial charge is 0.331 e. The van der Waals surface area contributed by atoms with Gasteiger partial charge in [0.15, 0.2) is 0 Å². The van der Waals surface area contributed by atoms with Gasteiger partial charge in [-0.25, -0.2) is 12.7 Å². The zero-order valence-corrected chi connectivity index (χ0v) is 24.5. The molecule has 2 aliphatic heterocycles. The Kier molecular flexibility index (Phi) is 5.92. The predicted molar refractivity (Wildman–Crippen MR) is 173 cm³/mol. The van der Waals surface area contributed by atoms with Crippen LogP contribution in [-0.2, 0) is 10.0 Å². The second-order valence-electron chi connectivity index (χ2n) is 11.5. The van der Waals surface area contributed by atoms with E-state index in [1.165, 1.54) is 15.4 Å². The molecule has 0 bridgehead atoms. The molecule has 1 aliphatic carbocycles. The molecular weight excluding hydrogens is 548 g/mol. The predicted octanol–water partition coefficient (Wildman–Crippen LogP) is 8.48. The first-order chi connectivity index (χ1) is 21.0. The molecule has 8 rings (SSSR count). The molecule has 210 valence electrons. The topological polar surface area (TPSA) is 40.6 Å². The van der Waals surface area contributed by atoms with Crippen molar-refractivity contribution in [3.63, 3.8) is 0 Å². The average Bonchev–Trinajstić information content (AvgIpc) is 3.19. The summed E-state index contributed by atoms with van der Waals surface area (Å²) < 4.78 is 30.6. The zero-order chi connectivity index (χ0) is 29.1. The van der Waals surface area contributed by atoms with E-state index in [2.05, 4.69) is 77.7 Å². The molecule has 0 amide bonds. The van der Waals surface area contributed by atoms with Gasteiger partial charge in [0.25, 0.3) is 10.0 Å². The molecule has 5 heteroatoms. The first-order valence-corrected chi connectivity index (χ1v) is 16.1. The summed E-state index contributed by atoms with van der Waals surface area (Å²) in [5, 5.41) is 0. The van der Waals surface area contributed by atoms with Crippen molar-refractivity contribution in [2.45, 2.75) is 29.7 Å². The number of sulfonamides is 1. The molecule has 43 heavy (non-hydrogen) atoms. The smallest absolute Gasteiger partial charge is 0.268 e. The van der Waals surface area contributed by atoms with Gasteiger partial charge in [-0.2, -0.15) is 0 Å². The van der Waals surface area contributed by atoms with Crippen LogP contribution in [0.5, 0.6) is 0 Å². The third kappa shape index (κ3) is 3.99. The highest BCUT2D eigenvalue weighted by Crippen LogP contribution is 2.63. The summed E-state index contributed by atoms with van der Waals surface area (Å²) in [5.74, 6) is 0.386. The minimum atomic E-state index is -3.94. The summed E-state index contributed by atoms with van der Waals surface area (Å²) in [6.45, 7) is 1.97. The van der Waals surface area contributed by atoms with E-state index in [-0.39, 0.29) is 22.8 Å². The third-order valence-corrected chi connectivity index (χ3v) is 10.7. The summed E-state index contributed by atoms with van der Waals surface area (Å²) in [7, 11) is -3.94. The maximum absolute atomic E-state index is 14.6. The first kappa shape index (κ1) is 25.8. The molecule has 0 spiro atoms. The SMILES string of the molecule is Cc1ccc(S(=O)(=O)N2C=C(c3ccccc3)N3C(c4ccccc4)=C[C@H]4c5ccccc5[C@H]4[C@@H]3c3ccccc32)cc1. The number of nitrogens with zero attached hydrogens (tertiary/aromatic N) is 2. The second kappa shape index (κ2) is 9.85. The van der Waals surface area contributed by atoms with Crippen molar-refractivity contribution in [2.24, 2.45) is 0 Å². The minimum Gasteiger partial charge on any atom is -0.331 e. The average molecular weight is 579 g/mol. The van der Waals surface area contributed by atoms with Crippen LogP contribution in [-0.4, -0.2) is 13.3 Å². The van der Waals surface area contributed by atoms with Gasteiger partial charge in [-0.3, -0.25) is 0 Å². The van der Waals surface area contributed by atoms with Crippen molar-refractivity contribution >= 4 is 27.1 Å². The van der Waals surface area contributed by atoms with Crippen LogP contribution in [0.15, 0.2) is 151 Å². The lowest BCUT2D eigenvalue weighted by Crippen LogP contribution is -2.41.